The summed E-state index contributed by atoms with van der Waals surface area (Å²) in [7, 11) is 0. The van der Waals surface area contributed by atoms with E-state index in [0.717, 1.165) is 16.8 Å². The summed E-state index contributed by atoms with van der Waals surface area (Å²) in [6, 6.07) is 8.26. The van der Waals surface area contributed by atoms with E-state index in [4.69, 9.17) is 0 Å². The highest BCUT2D eigenvalue weighted by Crippen LogP contribution is 2.18. The lowest BCUT2D eigenvalue weighted by molar-refractivity contribution is 0.800. The molecule has 0 bridgehead atoms. The largest absolute Gasteiger partial charge is 0.348 e. The molecule has 0 amide bonds. The maximum Gasteiger partial charge on any atom is 0.223 e. The minimum Gasteiger partial charge on any atom is -0.348 e. The van der Waals surface area contributed by atoms with Crippen LogP contribution in [0.3, 0.4) is 0 Å². The molecule has 0 radical (unpaired) electrons. The van der Waals surface area contributed by atoms with E-state index in [1.54, 1.807) is 23.3 Å². The monoisotopic (exact) mass is 280 g/mol. The molecule has 21 heavy (non-hydrogen) atoms. The molecule has 6 heteroatoms. The van der Waals surface area contributed by atoms with Crippen LogP contribution in [0.4, 0.5) is 5.95 Å². The number of aromatic nitrogens is 5. The molecule has 2 aromatic heterocycles. The maximum absolute atomic E-state index is 4.26. The van der Waals surface area contributed by atoms with Crippen LogP contribution < -0.4 is 5.32 Å². The molecule has 3 rings (SSSR count). The Kier molecular flexibility index (Phi) is 3.59. The number of anilines is 1. The third kappa shape index (κ3) is 3.05. The zero-order valence-corrected chi connectivity index (χ0v) is 11.9. The van der Waals surface area contributed by atoms with Gasteiger partial charge in [-0.05, 0) is 37.1 Å². The zero-order chi connectivity index (χ0) is 14.7. The van der Waals surface area contributed by atoms with Gasteiger partial charge in [-0.15, -0.1) is 5.10 Å². The first-order chi connectivity index (χ1) is 10.2. The van der Waals surface area contributed by atoms with Crippen molar-refractivity contribution < 1.29 is 0 Å². The molecule has 106 valence electrons. The van der Waals surface area contributed by atoms with Crippen molar-refractivity contribution in [1.29, 1.82) is 0 Å². The molecular weight excluding hydrogens is 264 g/mol. The summed E-state index contributed by atoms with van der Waals surface area (Å²) in [6.07, 6.45) is 7.08. The van der Waals surface area contributed by atoms with Crippen molar-refractivity contribution in [3.8, 4) is 5.69 Å². The Labute approximate surface area is 122 Å². The van der Waals surface area contributed by atoms with Gasteiger partial charge in [0.25, 0.3) is 0 Å². The average Bonchev–Trinajstić information content (AvgIpc) is 3.04. The minimum atomic E-state index is 0.123. The molecule has 1 unspecified atom stereocenters. The molecule has 0 spiro atoms. The van der Waals surface area contributed by atoms with Crippen LogP contribution in [0.1, 0.15) is 24.1 Å². The lowest BCUT2D eigenvalue weighted by Gasteiger charge is -2.14. The van der Waals surface area contributed by atoms with Crippen LogP contribution in [0.2, 0.25) is 0 Å². The zero-order valence-electron chi connectivity index (χ0n) is 11.9. The van der Waals surface area contributed by atoms with Gasteiger partial charge in [-0.2, -0.15) is 0 Å². The van der Waals surface area contributed by atoms with Crippen molar-refractivity contribution >= 4 is 5.95 Å². The molecule has 1 aromatic carbocycles. The van der Waals surface area contributed by atoms with Crippen molar-refractivity contribution in [2.24, 2.45) is 0 Å². The second-order valence-electron chi connectivity index (χ2n) is 4.89. The molecular formula is C15H16N6. The summed E-state index contributed by atoms with van der Waals surface area (Å²) in [5.74, 6) is 0.633. The molecule has 6 nitrogen and oxygen atoms in total. The third-order valence-corrected chi connectivity index (χ3v) is 3.21. The smallest absolute Gasteiger partial charge is 0.223 e. The van der Waals surface area contributed by atoms with Crippen LogP contribution in [-0.2, 0) is 0 Å². The van der Waals surface area contributed by atoms with E-state index in [9.17, 15) is 0 Å². The van der Waals surface area contributed by atoms with Crippen molar-refractivity contribution in [1.82, 2.24) is 25.0 Å². The highest BCUT2D eigenvalue weighted by molar-refractivity contribution is 5.37. The molecule has 0 aliphatic rings. The quantitative estimate of drug-likeness (QED) is 0.795. The lowest BCUT2D eigenvalue weighted by atomic mass is 10.1. The number of nitrogens with zero attached hydrogens (tertiary/aromatic N) is 5. The van der Waals surface area contributed by atoms with Gasteiger partial charge in [-0.1, -0.05) is 17.3 Å². The Balaban J connectivity index is 1.73. The predicted molar refractivity (Wildman–Crippen MR) is 80.2 cm³/mol. The van der Waals surface area contributed by atoms with E-state index in [0.29, 0.717) is 5.95 Å². The Bertz CT molecular complexity index is 688. The maximum atomic E-state index is 4.26. The molecule has 2 heterocycles. The Hall–Kier alpha value is -2.76. The van der Waals surface area contributed by atoms with Crippen LogP contribution >= 0.6 is 0 Å². The first-order valence-electron chi connectivity index (χ1n) is 6.74. The molecule has 3 aromatic rings. The molecule has 0 aliphatic carbocycles. The van der Waals surface area contributed by atoms with Crippen molar-refractivity contribution in [3.63, 3.8) is 0 Å². The second kappa shape index (κ2) is 5.70. The van der Waals surface area contributed by atoms with Gasteiger partial charge in [-0.3, -0.25) is 0 Å². The lowest BCUT2D eigenvalue weighted by Crippen LogP contribution is -2.09. The van der Waals surface area contributed by atoms with E-state index in [1.807, 2.05) is 25.3 Å². The summed E-state index contributed by atoms with van der Waals surface area (Å²) in [5, 5.41) is 11.1. The second-order valence-corrected chi connectivity index (χ2v) is 4.89. The third-order valence-electron chi connectivity index (χ3n) is 3.21. The van der Waals surface area contributed by atoms with Crippen LogP contribution in [0.5, 0.6) is 0 Å². The fourth-order valence-corrected chi connectivity index (χ4v) is 2.01. The summed E-state index contributed by atoms with van der Waals surface area (Å²) in [4.78, 5) is 8.51. The predicted octanol–water partition coefficient (Wildman–Crippen LogP) is 2.54. The van der Waals surface area contributed by atoms with E-state index in [-0.39, 0.29) is 6.04 Å². The van der Waals surface area contributed by atoms with E-state index < -0.39 is 0 Å². The number of benzene rings is 1. The van der Waals surface area contributed by atoms with Crippen LogP contribution in [0.25, 0.3) is 5.69 Å². The molecule has 0 saturated carbocycles. The highest BCUT2D eigenvalue weighted by atomic mass is 15.4. The van der Waals surface area contributed by atoms with Crippen molar-refractivity contribution in [3.05, 3.63) is 60.2 Å². The van der Waals surface area contributed by atoms with E-state index >= 15 is 0 Å². The van der Waals surface area contributed by atoms with Gasteiger partial charge in [0.1, 0.15) is 0 Å². The minimum absolute atomic E-state index is 0.123. The average molecular weight is 280 g/mol. The molecule has 0 fully saturated rings. The standard InChI is InChI=1S/C15H16N6/c1-11-9-16-15(17-10-11)19-12(2)13-3-5-14(6-4-13)21-8-7-18-20-21/h3-10,12H,1-2H3,(H,16,17,19). The van der Waals surface area contributed by atoms with E-state index in [2.05, 4.69) is 44.7 Å². The van der Waals surface area contributed by atoms with Crippen LogP contribution in [0.15, 0.2) is 49.1 Å². The van der Waals surface area contributed by atoms with Gasteiger partial charge >= 0.3 is 0 Å². The summed E-state index contributed by atoms with van der Waals surface area (Å²) in [6.45, 7) is 4.05. The van der Waals surface area contributed by atoms with Crippen molar-refractivity contribution in [2.75, 3.05) is 5.32 Å². The molecule has 1 atom stereocenters. The van der Waals surface area contributed by atoms with Crippen LogP contribution in [-0.4, -0.2) is 25.0 Å². The van der Waals surface area contributed by atoms with Gasteiger partial charge < -0.3 is 5.32 Å². The number of nitrogens with one attached hydrogen (secondary N) is 1. The van der Waals surface area contributed by atoms with Gasteiger partial charge in [-0.25, -0.2) is 14.6 Å². The number of rotatable bonds is 4. The summed E-state index contributed by atoms with van der Waals surface area (Å²) < 4.78 is 1.73. The first-order valence-corrected chi connectivity index (χ1v) is 6.74. The fraction of sp³-hybridized carbons (Fsp3) is 0.200. The number of hydrogen-bond donors (Lipinski definition) is 1. The van der Waals surface area contributed by atoms with Gasteiger partial charge in [0, 0.05) is 12.4 Å². The summed E-state index contributed by atoms with van der Waals surface area (Å²) >= 11 is 0. The highest BCUT2D eigenvalue weighted by Gasteiger charge is 2.07. The summed E-state index contributed by atoms with van der Waals surface area (Å²) in [5.41, 5.74) is 3.18. The van der Waals surface area contributed by atoms with Gasteiger partial charge in [0.15, 0.2) is 0 Å². The molecule has 0 aliphatic heterocycles. The number of hydrogen-bond acceptors (Lipinski definition) is 5. The Morgan fingerprint density at radius 2 is 1.81 bits per heavy atom. The molecule has 0 saturated heterocycles. The Morgan fingerprint density at radius 1 is 1.10 bits per heavy atom. The first kappa shape index (κ1) is 13.2. The normalized spacial score (nSPS) is 12.1. The topological polar surface area (TPSA) is 68.5 Å². The van der Waals surface area contributed by atoms with Gasteiger partial charge in [0.2, 0.25) is 5.95 Å². The van der Waals surface area contributed by atoms with E-state index in [1.165, 1.54) is 0 Å². The van der Waals surface area contributed by atoms with Crippen LogP contribution in [0, 0.1) is 6.92 Å². The van der Waals surface area contributed by atoms with Gasteiger partial charge in [0.05, 0.1) is 24.1 Å². The fourth-order valence-electron chi connectivity index (χ4n) is 2.01. The molecule has 1 N–H and O–H groups in total. The SMILES string of the molecule is Cc1cnc(NC(C)c2ccc(-n3ccnn3)cc2)nc1. The Morgan fingerprint density at radius 3 is 2.43 bits per heavy atom. The number of aryl methyl sites for hydroxylation is 1. The van der Waals surface area contributed by atoms with Crippen molar-refractivity contribution in [2.45, 2.75) is 19.9 Å².